The second-order valence-corrected chi connectivity index (χ2v) is 4.56. The van der Waals surface area contributed by atoms with Gasteiger partial charge in [-0.2, -0.15) is 18.2 Å². The molecule has 2 heterocycles. The molecule has 3 aromatic rings. The van der Waals surface area contributed by atoms with Crippen LogP contribution in [0.5, 0.6) is 5.88 Å². The van der Waals surface area contributed by atoms with Crippen molar-refractivity contribution in [1.29, 1.82) is 0 Å². The summed E-state index contributed by atoms with van der Waals surface area (Å²) in [4.78, 5) is 7.77. The minimum Gasteiger partial charge on any atom is -0.467 e. The van der Waals surface area contributed by atoms with Gasteiger partial charge in [0, 0.05) is 6.42 Å². The van der Waals surface area contributed by atoms with Crippen molar-refractivity contribution < 1.29 is 26.9 Å². The second-order valence-electron chi connectivity index (χ2n) is 4.56. The number of nitrogens with zero attached hydrogens (tertiary/aromatic N) is 4. The first-order valence-electron chi connectivity index (χ1n) is 6.34. The lowest BCUT2D eigenvalue weighted by Gasteiger charge is -2.11. The molecule has 0 saturated carbocycles. The predicted molar refractivity (Wildman–Crippen MR) is 68.2 cm³/mol. The van der Waals surface area contributed by atoms with E-state index in [0.29, 0.717) is 0 Å². The average Bonchev–Trinajstić information content (AvgIpc) is 2.93. The van der Waals surface area contributed by atoms with Crippen LogP contribution in [0.4, 0.5) is 17.6 Å². The summed E-state index contributed by atoms with van der Waals surface area (Å²) in [6.07, 6.45) is -4.66. The maximum Gasteiger partial charge on any atom is 0.422 e. The summed E-state index contributed by atoms with van der Waals surface area (Å²) in [7, 11) is 0. The lowest BCUT2D eigenvalue weighted by Crippen LogP contribution is -2.20. The fourth-order valence-electron chi connectivity index (χ4n) is 1.86. The van der Waals surface area contributed by atoms with Gasteiger partial charge in [0.25, 0.3) is 0 Å². The van der Waals surface area contributed by atoms with E-state index in [9.17, 15) is 17.6 Å². The molecule has 0 amide bonds. The maximum absolute atomic E-state index is 13.7. The van der Waals surface area contributed by atoms with Gasteiger partial charge in [-0.3, -0.25) is 0 Å². The molecule has 0 unspecified atom stereocenters. The molecule has 0 aliphatic rings. The van der Waals surface area contributed by atoms with Crippen LogP contribution in [0.15, 0.2) is 28.9 Å². The van der Waals surface area contributed by atoms with Gasteiger partial charge in [-0.25, -0.2) is 14.0 Å². The second kappa shape index (κ2) is 5.78. The fraction of sp³-hybridized carbons (Fsp3) is 0.231. The van der Waals surface area contributed by atoms with E-state index in [-0.39, 0.29) is 29.0 Å². The van der Waals surface area contributed by atoms with Crippen molar-refractivity contribution >= 4 is 11.3 Å². The number of benzene rings is 1. The van der Waals surface area contributed by atoms with E-state index < -0.39 is 24.5 Å². The summed E-state index contributed by atoms with van der Waals surface area (Å²) >= 11 is 0. The monoisotopic (exact) mass is 328 g/mol. The molecule has 0 radical (unpaired) electrons. The molecule has 0 spiro atoms. The van der Waals surface area contributed by atoms with E-state index in [1.54, 1.807) is 6.07 Å². The summed E-state index contributed by atoms with van der Waals surface area (Å²) in [6.45, 7) is -1.55. The Balaban J connectivity index is 1.97. The van der Waals surface area contributed by atoms with Crippen LogP contribution in [0.1, 0.15) is 11.3 Å². The minimum atomic E-state index is -4.55. The number of fused-ring (bicyclic) bond motifs is 1. The number of halogens is 4. The summed E-state index contributed by atoms with van der Waals surface area (Å²) in [5.41, 5.74) is 0.132. The van der Waals surface area contributed by atoms with E-state index in [1.165, 1.54) is 18.2 Å². The largest absolute Gasteiger partial charge is 0.467 e. The lowest BCUT2D eigenvalue weighted by atomic mass is 10.1. The molecule has 1 aromatic carbocycles. The summed E-state index contributed by atoms with van der Waals surface area (Å²) < 4.78 is 59.8. The normalized spacial score (nSPS) is 11.8. The Morgan fingerprint density at radius 3 is 2.43 bits per heavy atom. The number of alkyl halides is 3. The molecule has 120 valence electrons. The van der Waals surface area contributed by atoms with Crippen LogP contribution in [-0.4, -0.2) is 33.1 Å². The number of aromatic nitrogens is 4. The smallest absolute Gasteiger partial charge is 0.422 e. The SMILES string of the molecule is Fc1ccccc1Cc1nc2nonc2nc1OCC(F)(F)F. The van der Waals surface area contributed by atoms with Crippen LogP contribution in [0.3, 0.4) is 0 Å². The molecule has 0 aliphatic heterocycles. The molecule has 0 bridgehead atoms. The van der Waals surface area contributed by atoms with E-state index in [0.717, 1.165) is 0 Å². The van der Waals surface area contributed by atoms with Crippen molar-refractivity contribution in [2.75, 3.05) is 6.61 Å². The number of hydrogen-bond donors (Lipinski definition) is 0. The third kappa shape index (κ3) is 3.52. The molecule has 23 heavy (non-hydrogen) atoms. The van der Waals surface area contributed by atoms with Crippen LogP contribution in [0, 0.1) is 5.82 Å². The van der Waals surface area contributed by atoms with E-state index in [2.05, 4.69) is 29.6 Å². The Morgan fingerprint density at radius 1 is 1.04 bits per heavy atom. The molecule has 0 aliphatic carbocycles. The third-order valence-electron chi connectivity index (χ3n) is 2.84. The first kappa shape index (κ1) is 15.1. The summed E-state index contributed by atoms with van der Waals surface area (Å²) in [6, 6.07) is 5.81. The molecule has 10 heteroatoms. The lowest BCUT2D eigenvalue weighted by molar-refractivity contribution is -0.154. The molecule has 6 nitrogen and oxygen atoms in total. The first-order valence-corrected chi connectivity index (χ1v) is 6.34. The van der Waals surface area contributed by atoms with Gasteiger partial charge in [-0.05, 0) is 21.9 Å². The standard InChI is InChI=1S/C13H8F4N4O2/c14-8-4-2-1-3-7(8)5-9-12(22-6-13(15,16)17)19-11-10(18-9)20-23-21-11/h1-4H,5-6H2. The Kier molecular flexibility index (Phi) is 3.80. The van der Waals surface area contributed by atoms with E-state index >= 15 is 0 Å². The van der Waals surface area contributed by atoms with Crippen molar-refractivity contribution in [2.45, 2.75) is 12.6 Å². The van der Waals surface area contributed by atoms with Crippen molar-refractivity contribution in [3.05, 3.63) is 41.3 Å². The molecular weight excluding hydrogens is 320 g/mol. The van der Waals surface area contributed by atoms with Gasteiger partial charge >= 0.3 is 6.18 Å². The van der Waals surface area contributed by atoms with Gasteiger partial charge in [0.2, 0.25) is 17.2 Å². The van der Waals surface area contributed by atoms with E-state index in [4.69, 9.17) is 0 Å². The molecular formula is C13H8F4N4O2. The molecule has 0 atom stereocenters. The van der Waals surface area contributed by atoms with Gasteiger partial charge in [-0.15, -0.1) is 0 Å². The van der Waals surface area contributed by atoms with Crippen molar-refractivity contribution in [2.24, 2.45) is 0 Å². The topological polar surface area (TPSA) is 73.9 Å². The first-order chi connectivity index (χ1) is 10.9. The zero-order valence-electron chi connectivity index (χ0n) is 11.3. The summed E-state index contributed by atoms with van der Waals surface area (Å²) in [5, 5.41) is 6.86. The van der Waals surface area contributed by atoms with Crippen LogP contribution in [-0.2, 0) is 6.42 Å². The number of rotatable bonds is 4. The quantitative estimate of drug-likeness (QED) is 0.686. The highest BCUT2D eigenvalue weighted by Crippen LogP contribution is 2.24. The molecule has 3 rings (SSSR count). The Morgan fingerprint density at radius 2 is 1.74 bits per heavy atom. The zero-order valence-corrected chi connectivity index (χ0v) is 11.3. The molecule has 2 aromatic heterocycles. The molecule has 0 fully saturated rings. The maximum atomic E-state index is 13.7. The van der Waals surface area contributed by atoms with Crippen LogP contribution < -0.4 is 4.74 Å². The molecule has 0 saturated heterocycles. The van der Waals surface area contributed by atoms with Crippen LogP contribution in [0.25, 0.3) is 11.3 Å². The summed E-state index contributed by atoms with van der Waals surface area (Å²) in [5.74, 6) is -0.914. The van der Waals surface area contributed by atoms with Crippen molar-refractivity contribution in [1.82, 2.24) is 20.3 Å². The Labute approximate surface area is 126 Å². The highest BCUT2D eigenvalue weighted by atomic mass is 19.4. The van der Waals surface area contributed by atoms with Crippen LogP contribution >= 0.6 is 0 Å². The number of ether oxygens (including phenoxy) is 1. The van der Waals surface area contributed by atoms with Gasteiger partial charge < -0.3 is 4.74 Å². The Bertz CT molecular complexity index is 834. The fourth-order valence-corrected chi connectivity index (χ4v) is 1.86. The van der Waals surface area contributed by atoms with Gasteiger partial charge in [-0.1, -0.05) is 18.2 Å². The van der Waals surface area contributed by atoms with Crippen molar-refractivity contribution in [3.8, 4) is 5.88 Å². The van der Waals surface area contributed by atoms with Crippen molar-refractivity contribution in [3.63, 3.8) is 0 Å². The van der Waals surface area contributed by atoms with Gasteiger partial charge in [0.1, 0.15) is 11.5 Å². The zero-order chi connectivity index (χ0) is 16.4. The predicted octanol–water partition coefficient (Wildman–Crippen LogP) is 2.68. The minimum absolute atomic E-state index is 0.00236. The number of hydrogen-bond acceptors (Lipinski definition) is 6. The van der Waals surface area contributed by atoms with Gasteiger partial charge in [0.05, 0.1) is 0 Å². The Hall–Kier alpha value is -2.78. The highest BCUT2D eigenvalue weighted by Gasteiger charge is 2.29. The average molecular weight is 328 g/mol. The molecule has 0 N–H and O–H groups in total. The third-order valence-corrected chi connectivity index (χ3v) is 2.84. The van der Waals surface area contributed by atoms with Gasteiger partial charge in [0.15, 0.2) is 6.61 Å². The van der Waals surface area contributed by atoms with E-state index in [1.807, 2.05) is 0 Å². The highest BCUT2D eigenvalue weighted by molar-refractivity contribution is 5.64. The van der Waals surface area contributed by atoms with Crippen LogP contribution in [0.2, 0.25) is 0 Å².